The van der Waals surface area contributed by atoms with Gasteiger partial charge in [-0.25, -0.2) is 4.79 Å². The molecule has 1 fully saturated rings. The summed E-state index contributed by atoms with van der Waals surface area (Å²) in [4.78, 5) is 11.7. The van der Waals surface area contributed by atoms with Gasteiger partial charge >= 0.3 is 6.09 Å². The van der Waals surface area contributed by atoms with Gasteiger partial charge in [0, 0.05) is 18.6 Å². The maximum absolute atomic E-state index is 11.7. The Morgan fingerprint density at radius 1 is 1.59 bits per heavy atom. The summed E-state index contributed by atoms with van der Waals surface area (Å²) < 4.78 is 10.6. The normalized spacial score (nSPS) is 22.2. The molecule has 1 amide bonds. The third kappa shape index (κ3) is 5.37. The number of carbonyl (C=O) groups is 1. The van der Waals surface area contributed by atoms with Gasteiger partial charge in [-0.1, -0.05) is 0 Å². The van der Waals surface area contributed by atoms with Crippen molar-refractivity contribution in [2.45, 2.75) is 45.3 Å². The smallest absolute Gasteiger partial charge is 0.407 e. The van der Waals surface area contributed by atoms with Crippen molar-refractivity contribution in [2.75, 3.05) is 19.8 Å². The number of rotatable bonds is 4. The monoisotopic (exact) mass is 244 g/mol. The van der Waals surface area contributed by atoms with Crippen LogP contribution in [0.2, 0.25) is 0 Å². The maximum atomic E-state index is 11.7. The lowest BCUT2D eigenvalue weighted by Gasteiger charge is -2.26. The van der Waals surface area contributed by atoms with Crippen molar-refractivity contribution in [3.63, 3.8) is 0 Å². The molecule has 2 unspecified atom stereocenters. The number of amides is 1. The molecule has 5 nitrogen and oxygen atoms in total. The third-order valence-corrected chi connectivity index (χ3v) is 2.71. The lowest BCUT2D eigenvalue weighted by Crippen LogP contribution is -2.44. The summed E-state index contributed by atoms with van der Waals surface area (Å²) in [5.41, 5.74) is 5.10. The highest BCUT2D eigenvalue weighted by Gasteiger charge is 2.28. The predicted octanol–water partition coefficient (Wildman–Crippen LogP) is 1.27. The number of nitrogens with one attached hydrogen (secondary N) is 1. The van der Waals surface area contributed by atoms with E-state index in [9.17, 15) is 4.79 Å². The SMILES string of the molecule is CC(C)(C)OC(=O)NC(CCN)C1CCOC1. The van der Waals surface area contributed by atoms with Crippen LogP contribution in [-0.4, -0.2) is 37.5 Å². The Bertz CT molecular complexity index is 245. The number of carbonyl (C=O) groups excluding carboxylic acids is 1. The zero-order chi connectivity index (χ0) is 12.9. The van der Waals surface area contributed by atoms with Crippen LogP contribution < -0.4 is 11.1 Å². The van der Waals surface area contributed by atoms with Gasteiger partial charge in [0.05, 0.1) is 6.61 Å². The van der Waals surface area contributed by atoms with Gasteiger partial charge in [0.15, 0.2) is 0 Å². The standard InChI is InChI=1S/C12H24N2O3/c1-12(2,3)17-11(15)14-10(4-6-13)9-5-7-16-8-9/h9-10H,4-8,13H2,1-3H3,(H,14,15). The molecule has 0 aromatic heterocycles. The van der Waals surface area contributed by atoms with Crippen LogP contribution in [0.25, 0.3) is 0 Å². The number of ether oxygens (including phenoxy) is 2. The molecular formula is C12H24N2O3. The number of hydrogen-bond acceptors (Lipinski definition) is 4. The number of hydrogen-bond donors (Lipinski definition) is 2. The second-order valence-electron chi connectivity index (χ2n) is 5.45. The highest BCUT2D eigenvalue weighted by molar-refractivity contribution is 5.68. The van der Waals surface area contributed by atoms with Crippen molar-refractivity contribution in [3.8, 4) is 0 Å². The van der Waals surface area contributed by atoms with Crippen LogP contribution in [0.5, 0.6) is 0 Å². The molecule has 1 heterocycles. The molecule has 3 N–H and O–H groups in total. The van der Waals surface area contributed by atoms with Gasteiger partial charge in [-0.3, -0.25) is 0 Å². The average molecular weight is 244 g/mol. The molecule has 0 radical (unpaired) electrons. The van der Waals surface area contributed by atoms with E-state index < -0.39 is 5.60 Å². The van der Waals surface area contributed by atoms with Crippen molar-refractivity contribution in [3.05, 3.63) is 0 Å². The first kappa shape index (κ1) is 14.3. The highest BCUT2D eigenvalue weighted by atomic mass is 16.6. The first-order valence-corrected chi connectivity index (χ1v) is 6.19. The van der Waals surface area contributed by atoms with Crippen molar-refractivity contribution in [1.29, 1.82) is 0 Å². The Morgan fingerprint density at radius 2 is 2.29 bits per heavy atom. The molecule has 0 saturated carbocycles. The van der Waals surface area contributed by atoms with Gasteiger partial charge in [0.1, 0.15) is 5.60 Å². The van der Waals surface area contributed by atoms with E-state index in [1.54, 1.807) is 0 Å². The summed E-state index contributed by atoms with van der Waals surface area (Å²) in [6, 6.07) is 0.0531. The highest BCUT2D eigenvalue weighted by Crippen LogP contribution is 2.19. The van der Waals surface area contributed by atoms with Crippen LogP contribution >= 0.6 is 0 Å². The summed E-state index contributed by atoms with van der Waals surface area (Å²) >= 11 is 0. The van der Waals surface area contributed by atoms with Gasteiger partial charge < -0.3 is 20.5 Å². The van der Waals surface area contributed by atoms with Crippen LogP contribution in [0.4, 0.5) is 4.79 Å². The summed E-state index contributed by atoms with van der Waals surface area (Å²) in [5.74, 6) is 0.353. The molecule has 1 aliphatic rings. The number of nitrogens with two attached hydrogens (primary N) is 1. The zero-order valence-corrected chi connectivity index (χ0v) is 11.0. The molecule has 100 valence electrons. The zero-order valence-electron chi connectivity index (χ0n) is 11.0. The second-order valence-corrected chi connectivity index (χ2v) is 5.45. The van der Waals surface area contributed by atoms with E-state index in [0.29, 0.717) is 19.1 Å². The van der Waals surface area contributed by atoms with Crippen molar-refractivity contribution < 1.29 is 14.3 Å². The van der Waals surface area contributed by atoms with Crippen LogP contribution in [0.3, 0.4) is 0 Å². The van der Waals surface area contributed by atoms with E-state index in [4.69, 9.17) is 15.2 Å². The fourth-order valence-electron chi connectivity index (χ4n) is 1.93. The first-order chi connectivity index (χ1) is 7.92. The van der Waals surface area contributed by atoms with Crippen LogP contribution in [0.15, 0.2) is 0 Å². The molecular weight excluding hydrogens is 220 g/mol. The van der Waals surface area contributed by atoms with Crippen molar-refractivity contribution in [1.82, 2.24) is 5.32 Å². The minimum atomic E-state index is -0.469. The van der Waals surface area contributed by atoms with Gasteiger partial charge in [0.2, 0.25) is 0 Å². The Hall–Kier alpha value is -0.810. The number of alkyl carbamates (subject to hydrolysis) is 1. The van der Waals surface area contributed by atoms with Crippen molar-refractivity contribution >= 4 is 6.09 Å². The summed E-state index contributed by atoms with van der Waals surface area (Å²) in [6.07, 6.45) is 1.36. The summed E-state index contributed by atoms with van der Waals surface area (Å²) in [6.45, 7) is 7.56. The lowest BCUT2D eigenvalue weighted by molar-refractivity contribution is 0.0479. The molecule has 1 aliphatic heterocycles. The lowest BCUT2D eigenvalue weighted by atomic mass is 9.96. The van der Waals surface area contributed by atoms with E-state index in [0.717, 1.165) is 19.4 Å². The van der Waals surface area contributed by atoms with Crippen LogP contribution in [0.1, 0.15) is 33.6 Å². The average Bonchev–Trinajstić information content (AvgIpc) is 2.66. The Labute approximate surface area is 103 Å². The molecule has 17 heavy (non-hydrogen) atoms. The Balaban J connectivity index is 2.45. The van der Waals surface area contributed by atoms with E-state index >= 15 is 0 Å². The van der Waals surface area contributed by atoms with Gasteiger partial charge in [-0.15, -0.1) is 0 Å². The molecule has 0 aliphatic carbocycles. The fourth-order valence-corrected chi connectivity index (χ4v) is 1.93. The topological polar surface area (TPSA) is 73.6 Å². The Kier molecular flexibility index (Phi) is 5.21. The van der Waals surface area contributed by atoms with Crippen LogP contribution in [-0.2, 0) is 9.47 Å². The molecule has 2 atom stereocenters. The van der Waals surface area contributed by atoms with E-state index in [2.05, 4.69) is 5.32 Å². The fraction of sp³-hybridized carbons (Fsp3) is 0.917. The summed E-state index contributed by atoms with van der Waals surface area (Å²) in [7, 11) is 0. The van der Waals surface area contributed by atoms with E-state index in [-0.39, 0.29) is 12.1 Å². The van der Waals surface area contributed by atoms with Gasteiger partial charge in [0.25, 0.3) is 0 Å². The van der Waals surface area contributed by atoms with Crippen LogP contribution in [0, 0.1) is 5.92 Å². The summed E-state index contributed by atoms with van der Waals surface area (Å²) in [5, 5.41) is 2.90. The molecule has 1 rings (SSSR count). The maximum Gasteiger partial charge on any atom is 0.407 e. The van der Waals surface area contributed by atoms with E-state index in [1.807, 2.05) is 20.8 Å². The predicted molar refractivity (Wildman–Crippen MR) is 65.8 cm³/mol. The Morgan fingerprint density at radius 3 is 2.76 bits per heavy atom. The molecule has 0 aromatic rings. The molecule has 0 aromatic carbocycles. The van der Waals surface area contributed by atoms with Crippen molar-refractivity contribution in [2.24, 2.45) is 11.7 Å². The largest absolute Gasteiger partial charge is 0.444 e. The minimum absolute atomic E-state index is 0.0531. The first-order valence-electron chi connectivity index (χ1n) is 6.19. The third-order valence-electron chi connectivity index (χ3n) is 2.71. The molecule has 5 heteroatoms. The molecule has 0 spiro atoms. The van der Waals surface area contributed by atoms with Gasteiger partial charge in [-0.05, 0) is 40.2 Å². The second kappa shape index (κ2) is 6.21. The quantitative estimate of drug-likeness (QED) is 0.781. The van der Waals surface area contributed by atoms with E-state index in [1.165, 1.54) is 0 Å². The molecule has 0 bridgehead atoms. The molecule has 1 saturated heterocycles. The minimum Gasteiger partial charge on any atom is -0.444 e. The van der Waals surface area contributed by atoms with Gasteiger partial charge in [-0.2, -0.15) is 0 Å².